The number of alkyl carbamates (subject to hydrolysis) is 1. The molecule has 310 valence electrons. The van der Waals surface area contributed by atoms with Crippen molar-refractivity contribution in [1.82, 2.24) is 31.1 Å². The van der Waals surface area contributed by atoms with Gasteiger partial charge in [-0.05, 0) is 82.1 Å². The molecule has 4 rings (SSSR count). The molecule has 1 aliphatic heterocycles. The monoisotopic (exact) mass is 788 g/mol. The fourth-order valence-corrected chi connectivity index (χ4v) is 8.29. The zero-order valence-electron chi connectivity index (χ0n) is 33.3. The van der Waals surface area contributed by atoms with Gasteiger partial charge in [-0.3, -0.25) is 28.8 Å². The lowest BCUT2D eigenvalue weighted by Gasteiger charge is -2.36. The van der Waals surface area contributed by atoms with E-state index in [0.717, 1.165) is 25.7 Å². The van der Waals surface area contributed by atoms with Gasteiger partial charge in [-0.1, -0.05) is 56.5 Å². The number of alkyl halides is 2. The number of nitrogens with one attached hydrogen (secondary N) is 4. The summed E-state index contributed by atoms with van der Waals surface area (Å²) in [5.41, 5.74) is -0.334. The first-order valence-electron chi connectivity index (χ1n) is 19.6. The van der Waals surface area contributed by atoms with E-state index in [1.807, 2.05) is 6.92 Å². The molecule has 7 atom stereocenters. The van der Waals surface area contributed by atoms with Gasteiger partial charge < -0.3 is 35.8 Å². The van der Waals surface area contributed by atoms with Gasteiger partial charge in [0.1, 0.15) is 23.7 Å². The number of nitrogens with zero attached hydrogens (tertiary/aromatic N) is 2. The van der Waals surface area contributed by atoms with Crippen LogP contribution in [0, 0.1) is 23.7 Å². The molecule has 0 aromatic heterocycles. The normalized spacial score (nSPS) is 22.6. The van der Waals surface area contributed by atoms with Crippen LogP contribution < -0.4 is 21.3 Å². The van der Waals surface area contributed by atoms with E-state index in [9.17, 15) is 42.3 Å². The van der Waals surface area contributed by atoms with Gasteiger partial charge >= 0.3 is 6.09 Å². The lowest BCUT2D eigenvalue weighted by molar-refractivity contribution is -0.144. The Morgan fingerprint density at radius 3 is 2.18 bits per heavy atom. The number of carbonyl (C=O) groups excluding carboxylic acids is 7. The number of likely N-dealkylation sites (tertiary alicyclic amines) is 1. The SMILES string of the molecule is CC1C[C@H]2CN(C(=O)[C@@H](NC(=O)OC(C)(C)C)C3CCCCC3)[C@H](C(=O)NC(CCC(F)F)C(=O)C(=O)NCC(=O)N[C@H](C(=O)N(C)C)c3ccccc3)[C@H]2C1. The van der Waals surface area contributed by atoms with Gasteiger partial charge in [0.2, 0.25) is 35.8 Å². The number of likely N-dealkylation sites (N-methyl/N-ethyl adjacent to an activating group) is 1. The molecule has 14 nitrogen and oxygen atoms in total. The summed E-state index contributed by atoms with van der Waals surface area (Å²) in [6, 6.07) is 3.59. The molecule has 1 heterocycles. The molecule has 0 spiro atoms. The zero-order valence-corrected chi connectivity index (χ0v) is 33.3. The quantitative estimate of drug-likeness (QED) is 0.195. The maximum Gasteiger partial charge on any atom is 0.408 e. The van der Waals surface area contributed by atoms with Crippen LogP contribution in [0.2, 0.25) is 0 Å². The van der Waals surface area contributed by atoms with Crippen LogP contribution in [-0.2, 0) is 33.5 Å². The fourth-order valence-electron chi connectivity index (χ4n) is 8.29. The third-order valence-corrected chi connectivity index (χ3v) is 10.8. The first-order valence-corrected chi connectivity index (χ1v) is 19.6. The number of halogens is 2. The van der Waals surface area contributed by atoms with Gasteiger partial charge in [0.05, 0.1) is 12.6 Å². The second kappa shape index (κ2) is 19.5. The summed E-state index contributed by atoms with van der Waals surface area (Å²) in [7, 11) is 3.03. The number of benzene rings is 1. The van der Waals surface area contributed by atoms with Crippen molar-refractivity contribution in [3.05, 3.63) is 35.9 Å². The van der Waals surface area contributed by atoms with Crippen molar-refractivity contribution in [1.29, 1.82) is 0 Å². The average Bonchev–Trinajstić information content (AvgIpc) is 3.68. The van der Waals surface area contributed by atoms with Crippen molar-refractivity contribution in [2.24, 2.45) is 23.7 Å². The van der Waals surface area contributed by atoms with E-state index < -0.39 is 97.0 Å². The lowest BCUT2D eigenvalue weighted by Crippen LogP contribution is -2.59. The summed E-state index contributed by atoms with van der Waals surface area (Å²) in [6.07, 6.45) is 0.480. The largest absolute Gasteiger partial charge is 0.444 e. The first-order chi connectivity index (χ1) is 26.4. The predicted octanol–water partition coefficient (Wildman–Crippen LogP) is 3.49. The molecule has 3 fully saturated rings. The Kier molecular flexibility index (Phi) is 15.3. The minimum absolute atomic E-state index is 0.0469. The number of rotatable bonds is 15. The van der Waals surface area contributed by atoms with Crippen LogP contribution >= 0.6 is 0 Å². The maximum absolute atomic E-state index is 14.5. The van der Waals surface area contributed by atoms with E-state index in [1.165, 1.54) is 23.9 Å². The highest BCUT2D eigenvalue weighted by Crippen LogP contribution is 2.46. The number of ketones is 1. The van der Waals surface area contributed by atoms with Crippen molar-refractivity contribution < 1.29 is 47.1 Å². The van der Waals surface area contributed by atoms with Crippen LogP contribution in [0.5, 0.6) is 0 Å². The number of amides is 6. The first kappa shape index (κ1) is 44.1. The van der Waals surface area contributed by atoms with Gasteiger partial charge in [-0.25, -0.2) is 13.6 Å². The van der Waals surface area contributed by atoms with Gasteiger partial charge in [-0.2, -0.15) is 0 Å². The number of fused-ring (bicyclic) bond motifs is 1. The Bertz CT molecular complexity index is 1580. The van der Waals surface area contributed by atoms with Crippen LogP contribution in [0.1, 0.15) is 97.1 Å². The summed E-state index contributed by atoms with van der Waals surface area (Å²) < 4.78 is 32.5. The number of Topliss-reactive ketones (excluding diaryl/α,β-unsaturated/α-hetero) is 1. The van der Waals surface area contributed by atoms with E-state index in [0.29, 0.717) is 24.8 Å². The third-order valence-electron chi connectivity index (χ3n) is 10.8. The van der Waals surface area contributed by atoms with Crippen molar-refractivity contribution in [2.75, 3.05) is 27.2 Å². The fraction of sp³-hybridized carbons (Fsp3) is 0.675. The highest BCUT2D eigenvalue weighted by molar-refractivity contribution is 6.38. The third kappa shape index (κ3) is 11.9. The van der Waals surface area contributed by atoms with E-state index in [-0.39, 0.29) is 30.2 Å². The van der Waals surface area contributed by atoms with Crippen LogP contribution in [0.3, 0.4) is 0 Å². The van der Waals surface area contributed by atoms with Crippen LogP contribution in [0.25, 0.3) is 0 Å². The van der Waals surface area contributed by atoms with Crippen molar-refractivity contribution in [2.45, 2.75) is 122 Å². The smallest absolute Gasteiger partial charge is 0.408 e. The highest BCUT2D eigenvalue weighted by atomic mass is 19.3. The molecule has 1 aromatic rings. The summed E-state index contributed by atoms with van der Waals surface area (Å²) >= 11 is 0. The Morgan fingerprint density at radius 1 is 0.911 bits per heavy atom. The molecule has 16 heteroatoms. The van der Waals surface area contributed by atoms with Gasteiger partial charge in [0, 0.05) is 27.1 Å². The lowest BCUT2D eigenvalue weighted by atomic mass is 9.83. The topological polar surface area (TPSA) is 183 Å². The van der Waals surface area contributed by atoms with Crippen LogP contribution in [0.4, 0.5) is 13.6 Å². The predicted molar refractivity (Wildman–Crippen MR) is 202 cm³/mol. The molecular formula is C40H58F2N6O8. The Morgan fingerprint density at radius 2 is 1.57 bits per heavy atom. The summed E-state index contributed by atoms with van der Waals surface area (Å²) in [5.74, 6) is -5.27. The minimum atomic E-state index is -2.85. The van der Waals surface area contributed by atoms with E-state index in [1.54, 1.807) is 51.1 Å². The molecule has 1 saturated heterocycles. The van der Waals surface area contributed by atoms with Crippen molar-refractivity contribution >= 4 is 41.4 Å². The molecule has 2 saturated carbocycles. The molecule has 0 radical (unpaired) electrons. The molecule has 56 heavy (non-hydrogen) atoms. The van der Waals surface area contributed by atoms with E-state index in [2.05, 4.69) is 21.3 Å². The standard InChI is InChI=1S/C40H58F2N6O8/c1-23-19-26-22-48(38(54)32(25-15-11-8-12-16-25)46-39(55)56-40(2,3)4)33(27(26)20-23)35(51)44-28(17-18-29(41)42)34(50)36(52)43-21-30(49)45-31(37(53)47(5)6)24-13-9-7-10-14-24/h7,9-10,13-14,23,25-29,31-33H,8,11-12,15-22H2,1-6H3,(H,43,52)(H,44,51)(H,45,49)(H,46,55)/t23?,26-,27-,28?,31-,32-,33-/m0/s1. The Labute approximate surface area is 327 Å². The van der Waals surface area contributed by atoms with E-state index in [4.69, 9.17) is 4.74 Å². The Hall–Kier alpha value is -4.63. The Balaban J connectivity index is 1.51. The van der Waals surface area contributed by atoms with Crippen molar-refractivity contribution in [3.8, 4) is 0 Å². The van der Waals surface area contributed by atoms with Crippen LogP contribution in [-0.4, -0.2) is 109 Å². The molecule has 3 aliphatic rings. The minimum Gasteiger partial charge on any atom is -0.444 e. The molecule has 1 aromatic carbocycles. The van der Waals surface area contributed by atoms with Gasteiger partial charge in [0.15, 0.2) is 0 Å². The summed E-state index contributed by atoms with van der Waals surface area (Å²) in [4.78, 5) is 96.9. The molecule has 6 amide bonds. The number of carbonyl (C=O) groups is 7. The number of hydrogen-bond donors (Lipinski definition) is 4. The van der Waals surface area contributed by atoms with Gasteiger partial charge in [0.25, 0.3) is 5.91 Å². The molecule has 2 aliphatic carbocycles. The summed E-state index contributed by atoms with van der Waals surface area (Å²) in [6.45, 7) is 6.69. The van der Waals surface area contributed by atoms with Crippen molar-refractivity contribution in [3.63, 3.8) is 0 Å². The number of ether oxygens (including phenoxy) is 1. The number of hydrogen-bond acceptors (Lipinski definition) is 8. The highest BCUT2D eigenvalue weighted by Gasteiger charge is 2.53. The van der Waals surface area contributed by atoms with Crippen LogP contribution in [0.15, 0.2) is 30.3 Å². The molecule has 2 unspecified atom stereocenters. The van der Waals surface area contributed by atoms with E-state index >= 15 is 0 Å². The molecule has 4 N–H and O–H groups in total. The molecule has 0 bridgehead atoms. The average molecular weight is 789 g/mol. The molecular weight excluding hydrogens is 730 g/mol. The maximum atomic E-state index is 14.5. The zero-order chi connectivity index (χ0) is 41.3. The summed E-state index contributed by atoms with van der Waals surface area (Å²) in [5, 5.41) is 10.1. The second-order valence-electron chi connectivity index (χ2n) is 16.7. The second-order valence-corrected chi connectivity index (χ2v) is 16.7. The van der Waals surface area contributed by atoms with Gasteiger partial charge in [-0.15, -0.1) is 0 Å².